The van der Waals surface area contributed by atoms with E-state index in [4.69, 9.17) is 9.47 Å². The van der Waals surface area contributed by atoms with Crippen LogP contribution in [0.25, 0.3) is 0 Å². The molecule has 1 aliphatic heterocycles. The third kappa shape index (κ3) is 12.5. The summed E-state index contributed by atoms with van der Waals surface area (Å²) in [6, 6.07) is 23.9. The van der Waals surface area contributed by atoms with Crippen molar-refractivity contribution in [1.82, 2.24) is 0 Å². The Kier molecular flexibility index (Phi) is 18.6. The molecule has 0 amide bonds. The summed E-state index contributed by atoms with van der Waals surface area (Å²) in [7, 11) is -15.6. The van der Waals surface area contributed by atoms with Gasteiger partial charge in [-0.2, -0.15) is 60.7 Å². The second-order valence-electron chi connectivity index (χ2n) is 31.1. The van der Waals surface area contributed by atoms with E-state index in [1.807, 2.05) is 13.8 Å². The molecule has 0 radical (unpaired) electrons. The van der Waals surface area contributed by atoms with Crippen molar-refractivity contribution in [2.75, 3.05) is 25.7 Å². The van der Waals surface area contributed by atoms with Crippen molar-refractivity contribution < 1.29 is 98.7 Å². The molecule has 552 valence electrons. The van der Waals surface area contributed by atoms with Gasteiger partial charge in [0, 0.05) is 69.6 Å². The smallest absolute Gasteiger partial charge is 0.385 e. The first kappa shape index (κ1) is 75.4. The minimum atomic E-state index is -5.99. The number of carbonyl (C=O) groups excluding carboxylic acids is 1. The van der Waals surface area contributed by atoms with Gasteiger partial charge in [-0.3, -0.25) is 4.79 Å². The molecule has 3 N–H and O–H groups in total. The van der Waals surface area contributed by atoms with Crippen LogP contribution in [0, 0.1) is 53.8 Å². The lowest BCUT2D eigenvalue weighted by atomic mass is 9.49. The fraction of sp³-hybridized carbons (Fsp3) is 0.575. The van der Waals surface area contributed by atoms with Crippen molar-refractivity contribution in [3.8, 4) is 0 Å². The van der Waals surface area contributed by atoms with E-state index in [1.54, 1.807) is 68.5 Å². The summed E-state index contributed by atoms with van der Waals surface area (Å²) in [5, 5.41) is 35.5. The molecule has 13 rings (SSSR count). The number of ketones is 1. The zero-order valence-corrected chi connectivity index (χ0v) is 60.4. The molecule has 28 heteroatoms. The van der Waals surface area contributed by atoms with E-state index in [2.05, 4.69) is 7.54 Å². The number of ether oxygens (including phenoxy) is 2. The van der Waals surface area contributed by atoms with Gasteiger partial charge in [-0.05, 0) is 197 Å². The quantitative estimate of drug-likeness (QED) is 0.0996. The van der Waals surface area contributed by atoms with Crippen LogP contribution in [-0.2, 0) is 53.8 Å². The molecule has 1 spiro atoms. The molecule has 9 aliphatic rings. The van der Waals surface area contributed by atoms with E-state index in [0.717, 1.165) is 33.4 Å². The minimum Gasteiger partial charge on any atom is -0.385 e. The van der Waals surface area contributed by atoms with Crippen LogP contribution in [-0.4, -0.2) is 119 Å². The van der Waals surface area contributed by atoms with E-state index in [0.29, 0.717) is 62.0 Å². The lowest BCUT2D eigenvalue weighted by Crippen LogP contribution is -2.65. The van der Waals surface area contributed by atoms with E-state index in [9.17, 15) is 71.7 Å². The monoisotopic (exact) mass is 1500 g/mol. The Morgan fingerprint density at radius 2 is 0.901 bits per heavy atom. The van der Waals surface area contributed by atoms with Crippen molar-refractivity contribution in [3.63, 3.8) is 0 Å². The van der Waals surface area contributed by atoms with Gasteiger partial charge in [-0.25, -0.2) is 8.42 Å². The number of hydrogen-bond donors (Lipinski definition) is 3. The van der Waals surface area contributed by atoms with Crippen LogP contribution < -0.4 is 0 Å². The summed E-state index contributed by atoms with van der Waals surface area (Å²) in [6.45, 7) is 11.2. The van der Waals surface area contributed by atoms with Crippen molar-refractivity contribution in [2.45, 2.75) is 216 Å². The number of fused-ring (bicyclic) bond motifs is 8. The Labute approximate surface area is 583 Å². The van der Waals surface area contributed by atoms with Gasteiger partial charge in [0.1, 0.15) is 11.2 Å². The molecule has 8 aliphatic carbocycles. The van der Waals surface area contributed by atoms with E-state index < -0.39 is 140 Å². The van der Waals surface area contributed by atoms with Gasteiger partial charge in [-0.15, -0.1) is 7.54 Å². The Balaban J connectivity index is 0.000000193. The molecule has 1 saturated heterocycles. The maximum Gasteiger partial charge on any atom is 0.456 e. The topological polar surface area (TPSA) is 223 Å². The van der Waals surface area contributed by atoms with Crippen LogP contribution in [0.3, 0.4) is 0 Å². The molecule has 0 aromatic heterocycles. The van der Waals surface area contributed by atoms with Gasteiger partial charge in [0.05, 0.1) is 48.1 Å². The standard InChI is InChI=1S/C39H48F5NO7S2.C34H36F5NO5S2/c1-24-6-10-27(11-7-24)54(49,50)45-53(5,48)26-12-8-25(9-13-26)29-20-34(4)30(16-19-37(34,47)38(40,41)39(42,43)44)28-14-17-35(46)21-36(18-15-31(35)32(28)29)51-22-33(2,3)23-52-36;1-20-4-10-25(11-5-20)47(44,45)40-46(3,43)24-12-6-21(7-13-24)28-19-31(2)29(16-17-32(31,42)33(35,36)34(37,38)39)27-14-8-22-18-23(41)9-15-26(22)30(27)28/h6-13,28-30,46-47H,14-23H2,1-5H3;4-7,10-13,18,27-29,42H,8-9,14-17,19H2,1-3H3/t28?,29-,30?,34+,35-,37+,53-;27?,28-,29?,31+,32+,46-/m11/s1. The molecule has 1 heterocycles. The molecule has 5 saturated carbocycles. The number of benzene rings is 4. The van der Waals surface area contributed by atoms with Crippen LogP contribution in [0.1, 0.15) is 158 Å². The van der Waals surface area contributed by atoms with Crippen LogP contribution in [0.2, 0.25) is 0 Å². The number of alkyl halides is 10. The van der Waals surface area contributed by atoms with Gasteiger partial charge in [-0.1, -0.05) is 98.5 Å². The van der Waals surface area contributed by atoms with Gasteiger partial charge >= 0.3 is 24.2 Å². The number of allylic oxidation sites excluding steroid dienone is 5. The third-order valence-corrected chi connectivity index (χ3v) is 32.1. The second-order valence-corrected chi connectivity index (χ2v) is 39.3. The predicted molar refractivity (Wildman–Crippen MR) is 356 cm³/mol. The summed E-state index contributed by atoms with van der Waals surface area (Å²) in [5.74, 6) is -15.5. The number of nitrogens with zero attached hydrogens (tertiary/aromatic N) is 2. The Morgan fingerprint density at radius 1 is 0.495 bits per heavy atom. The van der Waals surface area contributed by atoms with Gasteiger partial charge in [0.15, 0.2) is 11.6 Å². The highest BCUT2D eigenvalue weighted by Gasteiger charge is 2.81. The molecular formula is C73H84F10N2O12S4. The Hall–Kier alpha value is -5.33. The van der Waals surface area contributed by atoms with Crippen LogP contribution in [0.15, 0.2) is 158 Å². The number of halogens is 10. The fourth-order valence-corrected chi connectivity index (χ4v) is 25.5. The van der Waals surface area contributed by atoms with Crippen molar-refractivity contribution in [2.24, 2.45) is 47.5 Å². The van der Waals surface area contributed by atoms with Crippen molar-refractivity contribution in [1.29, 1.82) is 0 Å². The largest absolute Gasteiger partial charge is 0.456 e. The molecule has 13 atom stereocenters. The van der Waals surface area contributed by atoms with Crippen LogP contribution in [0.5, 0.6) is 0 Å². The molecule has 0 bridgehead atoms. The lowest BCUT2D eigenvalue weighted by molar-refractivity contribution is -0.362. The number of sulfonamides is 2. The first-order valence-corrected chi connectivity index (χ1v) is 40.6. The Bertz CT molecular complexity index is 4590. The highest BCUT2D eigenvalue weighted by molar-refractivity contribution is 8.03. The van der Waals surface area contributed by atoms with Gasteiger partial charge < -0.3 is 24.8 Å². The zero-order chi connectivity index (χ0) is 73.9. The lowest BCUT2D eigenvalue weighted by Gasteiger charge is -2.59. The third-order valence-electron chi connectivity index (χ3n) is 24.2. The number of carbonyl (C=O) groups is 1. The van der Waals surface area contributed by atoms with E-state index in [1.165, 1.54) is 74.9 Å². The van der Waals surface area contributed by atoms with Crippen LogP contribution in [0.4, 0.5) is 43.9 Å². The summed E-state index contributed by atoms with van der Waals surface area (Å²) >= 11 is 0. The molecule has 101 heavy (non-hydrogen) atoms. The van der Waals surface area contributed by atoms with E-state index in [-0.39, 0.29) is 88.1 Å². The average Bonchev–Trinajstić information content (AvgIpc) is 1.61. The molecule has 14 nitrogen and oxygen atoms in total. The summed E-state index contributed by atoms with van der Waals surface area (Å²) in [4.78, 5) is 12.2. The molecular weight excluding hydrogens is 1420 g/mol. The van der Waals surface area contributed by atoms with Gasteiger partial charge in [0.25, 0.3) is 20.0 Å². The molecule has 4 aromatic carbocycles. The number of rotatable bonds is 10. The minimum absolute atomic E-state index is 0.00138. The summed E-state index contributed by atoms with van der Waals surface area (Å²) in [6.07, 6.45) is -6.93. The maximum atomic E-state index is 15.5. The maximum absolute atomic E-state index is 15.5. The number of aliphatic hydroxyl groups is 3. The first-order valence-electron chi connectivity index (χ1n) is 33.9. The van der Waals surface area contributed by atoms with Gasteiger partial charge in [0.2, 0.25) is 0 Å². The molecule has 4 unspecified atom stereocenters. The van der Waals surface area contributed by atoms with Crippen molar-refractivity contribution in [3.05, 3.63) is 153 Å². The van der Waals surface area contributed by atoms with Crippen LogP contribution >= 0.6 is 0 Å². The van der Waals surface area contributed by atoms with E-state index >= 15 is 17.6 Å². The average molecular weight is 1500 g/mol. The first-order chi connectivity index (χ1) is 46.5. The SMILES string of the molecule is Cc1ccc(S(=O)(=O)N=[S@](C)(=O)c2ccc([C@H]3C[C@@]4(C)C(CC[C@@]4(O)C(F)(F)C(F)(F)F)C4CCC5=CC(=O)CCC5=C43)cc2)cc1.Cc1ccc(S(=O)(=O)N=[S@](C)(=O)c2ccc([C@H]3C[C@@]4(C)C(CC[C@@]4(O)C(F)(F)C(F)(F)F)C4CC[C@@]5(O)CC6(CCC5=C43)OCC(C)(C)CO6)cc2)cc1. The zero-order valence-electron chi connectivity index (χ0n) is 57.1. The second kappa shape index (κ2) is 24.9. The van der Waals surface area contributed by atoms with Crippen molar-refractivity contribution >= 4 is 45.3 Å². The number of hydrogen-bond acceptors (Lipinski definition) is 12. The normalized spacial score (nSPS) is 33.0. The highest BCUT2D eigenvalue weighted by atomic mass is 32.3. The summed E-state index contributed by atoms with van der Waals surface area (Å²) < 4.78 is 245. The summed E-state index contributed by atoms with van der Waals surface area (Å²) in [5.41, 5.74) is -5.19. The fourth-order valence-electron chi connectivity index (χ4n) is 18.9. The highest BCUT2D eigenvalue weighted by Crippen LogP contribution is 2.73. The predicted octanol–water partition coefficient (Wildman–Crippen LogP) is 15.7. The molecule has 6 fully saturated rings. The molecule has 4 aromatic rings. The number of aryl methyl sites for hydroxylation is 2. The Morgan fingerprint density at radius 3 is 1.33 bits per heavy atom.